The fourth-order valence-corrected chi connectivity index (χ4v) is 2.82. The predicted molar refractivity (Wildman–Crippen MR) is 98.6 cm³/mol. The highest BCUT2D eigenvalue weighted by atomic mass is 35.5. The zero-order valence-corrected chi connectivity index (χ0v) is 15.2. The van der Waals surface area contributed by atoms with E-state index >= 15 is 0 Å². The Kier molecular flexibility index (Phi) is 6.19. The van der Waals surface area contributed by atoms with Crippen molar-refractivity contribution in [3.63, 3.8) is 0 Å². The molecule has 26 heavy (non-hydrogen) atoms. The molecule has 0 saturated carbocycles. The van der Waals surface area contributed by atoms with Crippen LogP contribution in [0.25, 0.3) is 0 Å². The minimum atomic E-state index is -0.321. The third-order valence-electron chi connectivity index (χ3n) is 3.31. The van der Waals surface area contributed by atoms with Crippen LogP contribution in [-0.2, 0) is 6.61 Å². The van der Waals surface area contributed by atoms with E-state index in [1.54, 1.807) is 12.1 Å². The number of hydrogen-bond donors (Lipinski definition) is 1. The van der Waals surface area contributed by atoms with E-state index in [2.05, 4.69) is 10.2 Å². The van der Waals surface area contributed by atoms with Crippen molar-refractivity contribution in [3.05, 3.63) is 65.2 Å². The van der Waals surface area contributed by atoms with Gasteiger partial charge in [0.25, 0.3) is 0 Å². The molecule has 0 aliphatic rings. The van der Waals surface area contributed by atoms with Crippen molar-refractivity contribution < 1.29 is 13.9 Å². The first kappa shape index (κ1) is 18.3. The Morgan fingerprint density at radius 1 is 1.00 bits per heavy atom. The first-order chi connectivity index (χ1) is 12.6. The number of ether oxygens (including phenoxy) is 2. The monoisotopic (exact) mass is 394 g/mol. The topological polar surface area (TPSA) is 75.2 Å². The van der Waals surface area contributed by atoms with Gasteiger partial charge in [0.05, 0.1) is 6.61 Å². The maximum Gasteiger partial charge on any atom is 0.210 e. The van der Waals surface area contributed by atoms with Gasteiger partial charge in [0, 0.05) is 10.8 Å². The largest absolute Gasteiger partial charge is 0.493 e. The minimum Gasteiger partial charge on any atom is -0.493 e. The van der Waals surface area contributed by atoms with Gasteiger partial charge in [-0.05, 0) is 48.5 Å². The van der Waals surface area contributed by atoms with Gasteiger partial charge in [0.1, 0.15) is 23.9 Å². The lowest BCUT2D eigenvalue weighted by atomic mass is 10.3. The molecule has 0 spiro atoms. The highest BCUT2D eigenvalue weighted by molar-refractivity contribution is 7.99. The van der Waals surface area contributed by atoms with Gasteiger partial charge in [-0.25, -0.2) is 9.07 Å². The first-order valence-corrected chi connectivity index (χ1v) is 9.07. The Morgan fingerprint density at radius 2 is 1.65 bits per heavy atom. The molecule has 0 bridgehead atoms. The number of benzene rings is 2. The van der Waals surface area contributed by atoms with Crippen molar-refractivity contribution in [1.82, 2.24) is 14.9 Å². The number of aromatic nitrogens is 3. The highest BCUT2D eigenvalue weighted by Crippen LogP contribution is 2.18. The second-order valence-corrected chi connectivity index (χ2v) is 6.66. The molecule has 0 amide bonds. The third kappa shape index (κ3) is 5.03. The zero-order chi connectivity index (χ0) is 18.4. The van der Waals surface area contributed by atoms with E-state index in [9.17, 15) is 4.39 Å². The highest BCUT2D eigenvalue weighted by Gasteiger charge is 2.11. The van der Waals surface area contributed by atoms with Crippen LogP contribution >= 0.6 is 23.4 Å². The zero-order valence-electron chi connectivity index (χ0n) is 13.6. The summed E-state index contributed by atoms with van der Waals surface area (Å²) < 4.78 is 25.4. The maximum absolute atomic E-state index is 12.9. The van der Waals surface area contributed by atoms with Crippen LogP contribution < -0.4 is 15.3 Å². The summed E-state index contributed by atoms with van der Waals surface area (Å²) >= 11 is 7.25. The lowest BCUT2D eigenvalue weighted by Gasteiger charge is -2.07. The maximum atomic E-state index is 12.9. The lowest BCUT2D eigenvalue weighted by molar-refractivity contribution is 0.291. The smallest absolute Gasteiger partial charge is 0.210 e. The number of nitrogens with two attached hydrogens (primary N) is 1. The first-order valence-electron chi connectivity index (χ1n) is 7.71. The molecule has 3 rings (SSSR count). The van der Waals surface area contributed by atoms with E-state index in [1.165, 1.54) is 40.7 Å². The molecule has 136 valence electrons. The average Bonchev–Trinajstić information content (AvgIpc) is 3.00. The number of thioether (sulfide) groups is 1. The van der Waals surface area contributed by atoms with Crippen molar-refractivity contribution >= 4 is 23.4 Å². The minimum absolute atomic E-state index is 0.136. The molecule has 1 aromatic heterocycles. The quantitative estimate of drug-likeness (QED) is 0.358. The fourth-order valence-electron chi connectivity index (χ4n) is 2.01. The molecule has 2 N–H and O–H groups in total. The van der Waals surface area contributed by atoms with Crippen molar-refractivity contribution in [2.24, 2.45) is 0 Å². The van der Waals surface area contributed by atoms with Crippen molar-refractivity contribution in [2.45, 2.75) is 11.8 Å². The number of nitrogens with zero attached hydrogens (tertiary/aromatic N) is 3. The summed E-state index contributed by atoms with van der Waals surface area (Å²) in [5.74, 6) is 8.05. The molecule has 0 aliphatic carbocycles. The molecule has 9 heteroatoms. The van der Waals surface area contributed by atoms with Crippen molar-refractivity contribution in [2.75, 3.05) is 18.2 Å². The van der Waals surface area contributed by atoms with Crippen LogP contribution in [0.4, 0.5) is 4.39 Å². The molecular formula is C17H16ClFN4O2S. The lowest BCUT2D eigenvalue weighted by Crippen LogP contribution is -2.16. The van der Waals surface area contributed by atoms with Crippen molar-refractivity contribution in [3.8, 4) is 11.5 Å². The van der Waals surface area contributed by atoms with Crippen LogP contribution in [0, 0.1) is 5.82 Å². The molecular weight excluding hydrogens is 379 g/mol. The molecule has 0 radical (unpaired) electrons. The standard InChI is InChI=1S/C17H16ClFN4O2S/c18-12-1-5-14(6-2-12)24-9-10-26-17-22-21-16(23(17)20)11-25-15-7-3-13(19)4-8-15/h1-8H,9-11,20H2. The second-order valence-electron chi connectivity index (χ2n) is 5.16. The van der Waals surface area contributed by atoms with E-state index in [4.69, 9.17) is 26.9 Å². The van der Waals surface area contributed by atoms with E-state index in [-0.39, 0.29) is 12.4 Å². The molecule has 3 aromatic rings. The SMILES string of the molecule is Nn1c(COc2ccc(F)cc2)nnc1SCCOc1ccc(Cl)cc1. The van der Waals surface area contributed by atoms with Crippen LogP contribution in [0.1, 0.15) is 5.82 Å². The molecule has 0 unspecified atom stereocenters. The molecule has 6 nitrogen and oxygen atoms in total. The summed E-state index contributed by atoms with van der Waals surface area (Å²) in [6.07, 6.45) is 0. The molecule has 0 aliphatic heterocycles. The van der Waals surface area contributed by atoms with Gasteiger partial charge < -0.3 is 15.3 Å². The summed E-state index contributed by atoms with van der Waals surface area (Å²) in [6.45, 7) is 0.623. The van der Waals surface area contributed by atoms with Crippen LogP contribution in [0.5, 0.6) is 11.5 Å². The van der Waals surface area contributed by atoms with Gasteiger partial charge in [-0.1, -0.05) is 23.4 Å². The van der Waals surface area contributed by atoms with Gasteiger partial charge >= 0.3 is 0 Å². The van der Waals surface area contributed by atoms with Crippen LogP contribution in [0.15, 0.2) is 53.7 Å². The summed E-state index contributed by atoms with van der Waals surface area (Å²) in [5, 5.41) is 9.27. The Hall–Kier alpha value is -2.45. The Balaban J connectivity index is 1.45. The second kappa shape index (κ2) is 8.77. The number of hydrogen-bond acceptors (Lipinski definition) is 6. The summed E-state index contributed by atoms with van der Waals surface area (Å²) in [4.78, 5) is 0. The summed E-state index contributed by atoms with van der Waals surface area (Å²) in [6, 6.07) is 12.9. The molecule has 1 heterocycles. The van der Waals surface area contributed by atoms with Crippen LogP contribution in [-0.4, -0.2) is 27.2 Å². The van der Waals surface area contributed by atoms with Gasteiger partial charge in [-0.3, -0.25) is 0 Å². The third-order valence-corrected chi connectivity index (χ3v) is 4.47. The number of nitrogen functional groups attached to an aromatic ring is 1. The fraction of sp³-hybridized carbons (Fsp3) is 0.176. The number of halogens is 2. The molecule has 0 atom stereocenters. The van der Waals surface area contributed by atoms with E-state index in [1.807, 2.05) is 12.1 Å². The summed E-state index contributed by atoms with van der Waals surface area (Å²) in [7, 11) is 0. The normalized spacial score (nSPS) is 10.7. The Labute approximate surface area is 159 Å². The molecule has 0 saturated heterocycles. The Bertz CT molecular complexity index is 843. The van der Waals surface area contributed by atoms with Gasteiger partial charge in [0.15, 0.2) is 5.82 Å². The molecule has 0 fully saturated rings. The van der Waals surface area contributed by atoms with Crippen LogP contribution in [0.3, 0.4) is 0 Å². The van der Waals surface area contributed by atoms with Crippen molar-refractivity contribution in [1.29, 1.82) is 0 Å². The molecule has 2 aromatic carbocycles. The Morgan fingerprint density at radius 3 is 2.38 bits per heavy atom. The summed E-state index contributed by atoms with van der Waals surface area (Å²) in [5.41, 5.74) is 0. The van der Waals surface area contributed by atoms with Gasteiger partial charge in [0.2, 0.25) is 5.16 Å². The van der Waals surface area contributed by atoms with Gasteiger partial charge in [-0.2, -0.15) is 0 Å². The van der Waals surface area contributed by atoms with E-state index in [0.717, 1.165) is 5.75 Å². The van der Waals surface area contributed by atoms with E-state index < -0.39 is 0 Å². The average molecular weight is 395 g/mol. The number of rotatable bonds is 8. The van der Waals surface area contributed by atoms with E-state index in [0.29, 0.717) is 34.1 Å². The van der Waals surface area contributed by atoms with Crippen LogP contribution in [0.2, 0.25) is 5.02 Å². The predicted octanol–water partition coefficient (Wildman–Crippen LogP) is 3.53. The van der Waals surface area contributed by atoms with Gasteiger partial charge in [-0.15, -0.1) is 10.2 Å².